The Morgan fingerprint density at radius 2 is 1.09 bits per heavy atom. The lowest BCUT2D eigenvalue weighted by molar-refractivity contribution is -0.151. The maximum Gasteiger partial charge on any atom is 0.291 e. The fourth-order valence-corrected chi connectivity index (χ4v) is 10.7. The van der Waals surface area contributed by atoms with Crippen molar-refractivity contribution in [3.63, 3.8) is 0 Å². The fourth-order valence-electron chi connectivity index (χ4n) is 10.7. The number of likely N-dealkylation sites (tertiary alicyclic amines) is 3. The highest BCUT2D eigenvalue weighted by atomic mass is 35.5. The molecule has 1 N–H and O–H groups in total. The first-order valence-electron chi connectivity index (χ1n) is 24.2. The summed E-state index contributed by atoms with van der Waals surface area (Å²) in [7, 11) is 0. The number of benzene rings is 2. The summed E-state index contributed by atoms with van der Waals surface area (Å²) in [6.07, 6.45) is 8.39. The summed E-state index contributed by atoms with van der Waals surface area (Å²) in [5, 5.41) is 22.6. The third-order valence-corrected chi connectivity index (χ3v) is 14.6. The molecule has 2 aromatic carbocycles. The van der Waals surface area contributed by atoms with E-state index in [0.717, 1.165) is 113 Å². The van der Waals surface area contributed by atoms with Gasteiger partial charge in [-0.1, -0.05) is 59.4 Å². The average Bonchev–Trinajstić information content (AvgIpc) is 4.15. The summed E-state index contributed by atoms with van der Waals surface area (Å²) in [5.41, 5.74) is 2.45. The van der Waals surface area contributed by atoms with Gasteiger partial charge in [-0.05, 0) is 125 Å². The second-order valence-electron chi connectivity index (χ2n) is 19.4. The van der Waals surface area contributed by atoms with Crippen LogP contribution in [0.2, 0.25) is 0 Å². The number of carbonyl (C=O) groups is 1. The minimum absolute atomic E-state index is 0. The summed E-state index contributed by atoms with van der Waals surface area (Å²) in [4.78, 5) is 28.9. The zero-order chi connectivity index (χ0) is 45.5. The minimum atomic E-state index is -0.347. The van der Waals surface area contributed by atoms with Crippen LogP contribution in [0.15, 0.2) is 45.4 Å². The van der Waals surface area contributed by atoms with Crippen LogP contribution in [0.4, 0.5) is 8.78 Å². The molecular weight excluding hydrogens is 894 g/mol. The lowest BCUT2D eigenvalue weighted by Gasteiger charge is -2.42. The summed E-state index contributed by atoms with van der Waals surface area (Å²) in [5.74, 6) is 2.23. The number of nitrogens with zero attached hydrogens (tertiary/aromatic N) is 11. The third kappa shape index (κ3) is 9.93. The molecule has 0 bridgehead atoms. The van der Waals surface area contributed by atoms with Crippen LogP contribution < -0.4 is 5.32 Å². The van der Waals surface area contributed by atoms with Crippen molar-refractivity contribution in [1.29, 1.82) is 0 Å². The molecule has 0 spiro atoms. The van der Waals surface area contributed by atoms with Gasteiger partial charge in [0.1, 0.15) is 22.7 Å². The van der Waals surface area contributed by atoms with Gasteiger partial charge >= 0.3 is 0 Å². The van der Waals surface area contributed by atoms with E-state index in [4.69, 9.17) is 13.8 Å². The molecule has 6 aromatic rings. The Kier molecular flexibility index (Phi) is 15.6. The summed E-state index contributed by atoms with van der Waals surface area (Å²) in [6.45, 7) is 17.3. The van der Waals surface area contributed by atoms with Gasteiger partial charge in [-0.2, -0.15) is 29.5 Å². The summed E-state index contributed by atoms with van der Waals surface area (Å²) >= 11 is 0. The number of piperidine rings is 4. The molecule has 11 rings (SSSR count). The van der Waals surface area contributed by atoms with E-state index in [2.05, 4.69) is 59.4 Å². The number of aromatic nitrogens is 8. The van der Waals surface area contributed by atoms with Gasteiger partial charge in [0.25, 0.3) is 11.9 Å². The van der Waals surface area contributed by atoms with Gasteiger partial charge in [0.2, 0.25) is 17.7 Å². The molecule has 0 radical (unpaired) electrons. The Labute approximate surface area is 402 Å². The highest BCUT2D eigenvalue weighted by Crippen LogP contribution is 2.34. The quantitative estimate of drug-likeness (QED) is 0.148. The molecule has 5 aliphatic rings. The second kappa shape index (κ2) is 21.4. The second-order valence-corrected chi connectivity index (χ2v) is 19.4. The van der Waals surface area contributed by atoms with Gasteiger partial charge in [0, 0.05) is 47.8 Å². The van der Waals surface area contributed by atoms with Crippen LogP contribution in [0, 0.1) is 17.6 Å². The standard InChI is InChI=1S/C26H33FN6O3.C22H29FN6O.CH4.ClH/c1-16(2)22-20-4-3-5-21(27)23(20)33(29-22)26-28-24(36-30-26)17-6-10-31(11-7-17)19-8-12-32(13-9-19)25(34)18-14-35-15-18;1-14(2)19-17-4-3-5-18(23)20(17)29(26-19)22-25-21(30-27-22)15-8-12-28(13-9-15)16-6-10-24-11-7-16;;/h3-5,16-19H,6-15H2,1-2H3;3-5,14-16,24H,6-13H2,1-2H3;1H4;1H. The average molecular weight is 962 g/mol. The van der Waals surface area contributed by atoms with Gasteiger partial charge in [-0.15, -0.1) is 12.4 Å². The Balaban J connectivity index is 0.000000181. The number of hydrogen-bond donors (Lipinski definition) is 1. The van der Waals surface area contributed by atoms with E-state index in [0.29, 0.717) is 54.1 Å². The van der Waals surface area contributed by atoms with Crippen LogP contribution in [-0.2, 0) is 9.53 Å². The van der Waals surface area contributed by atoms with Gasteiger partial charge in [0.15, 0.2) is 0 Å². The van der Waals surface area contributed by atoms with Crippen LogP contribution >= 0.6 is 12.4 Å². The van der Waals surface area contributed by atoms with Gasteiger partial charge < -0.3 is 33.8 Å². The van der Waals surface area contributed by atoms with Crippen molar-refractivity contribution in [3.8, 4) is 11.9 Å². The Bertz CT molecular complexity index is 2610. The highest BCUT2D eigenvalue weighted by molar-refractivity contribution is 5.86. The first-order chi connectivity index (χ1) is 32.1. The Hall–Kier alpha value is -4.88. The molecule has 0 unspecified atom stereocenters. The van der Waals surface area contributed by atoms with Crippen LogP contribution in [0.3, 0.4) is 0 Å². The predicted molar refractivity (Wildman–Crippen MR) is 257 cm³/mol. The van der Waals surface area contributed by atoms with Crippen molar-refractivity contribution >= 4 is 40.1 Å². The van der Waals surface area contributed by atoms with Gasteiger partial charge in [-0.25, -0.2) is 8.78 Å². The third-order valence-electron chi connectivity index (χ3n) is 14.6. The number of para-hydroxylation sites is 2. The van der Waals surface area contributed by atoms with E-state index < -0.39 is 0 Å². The molecule has 19 heteroatoms. The van der Waals surface area contributed by atoms with E-state index >= 15 is 0 Å². The maximum atomic E-state index is 14.7. The molecule has 5 saturated heterocycles. The number of hydrogen-bond acceptors (Lipinski definition) is 13. The van der Waals surface area contributed by atoms with Crippen molar-refractivity contribution < 1.29 is 27.4 Å². The monoisotopic (exact) mass is 961 g/mol. The first-order valence-corrected chi connectivity index (χ1v) is 24.2. The Morgan fingerprint density at radius 3 is 1.50 bits per heavy atom. The zero-order valence-electron chi connectivity index (χ0n) is 38.9. The summed E-state index contributed by atoms with van der Waals surface area (Å²) < 4.78 is 48.8. The van der Waals surface area contributed by atoms with Crippen molar-refractivity contribution in [3.05, 3.63) is 71.2 Å². The van der Waals surface area contributed by atoms with Crippen LogP contribution in [-0.4, -0.2) is 138 Å². The van der Waals surface area contributed by atoms with Crippen LogP contribution in [0.5, 0.6) is 0 Å². The number of nitrogens with one attached hydrogen (secondary N) is 1. The number of ether oxygens (including phenoxy) is 1. The molecule has 4 aromatic heterocycles. The van der Waals surface area contributed by atoms with E-state index in [1.165, 1.54) is 34.3 Å². The highest BCUT2D eigenvalue weighted by Gasteiger charge is 2.36. The summed E-state index contributed by atoms with van der Waals surface area (Å²) in [6, 6.07) is 11.3. The topological polar surface area (TPSA) is 162 Å². The number of fused-ring (bicyclic) bond motifs is 2. The van der Waals surface area contributed by atoms with Crippen LogP contribution in [0.25, 0.3) is 33.7 Å². The molecule has 5 fully saturated rings. The molecule has 0 atom stereocenters. The van der Waals surface area contributed by atoms with Crippen molar-refractivity contribution in [2.45, 2.75) is 122 Å². The van der Waals surface area contributed by atoms with Gasteiger partial charge in [0.05, 0.1) is 30.5 Å². The lowest BCUT2D eigenvalue weighted by atomic mass is 9.93. The van der Waals surface area contributed by atoms with E-state index in [1.807, 2.05) is 30.9 Å². The number of rotatable bonds is 9. The maximum absolute atomic E-state index is 14.7. The minimum Gasteiger partial charge on any atom is -0.380 e. The van der Waals surface area contributed by atoms with E-state index in [9.17, 15) is 13.6 Å². The van der Waals surface area contributed by atoms with E-state index in [1.54, 1.807) is 12.1 Å². The van der Waals surface area contributed by atoms with E-state index in [-0.39, 0.29) is 72.9 Å². The largest absolute Gasteiger partial charge is 0.380 e. The zero-order valence-corrected chi connectivity index (χ0v) is 39.8. The van der Waals surface area contributed by atoms with Crippen molar-refractivity contribution in [2.24, 2.45) is 5.92 Å². The molecule has 16 nitrogen and oxygen atoms in total. The molecule has 5 aliphatic heterocycles. The number of amides is 1. The molecule has 0 aliphatic carbocycles. The fraction of sp³-hybridized carbons (Fsp3) is 0.612. The number of carbonyl (C=O) groups excluding carboxylic acids is 1. The molecular formula is C49H67ClF2N12O4. The number of halogens is 3. The molecule has 9 heterocycles. The van der Waals surface area contributed by atoms with Gasteiger partial charge in [-0.3, -0.25) is 4.79 Å². The van der Waals surface area contributed by atoms with Crippen molar-refractivity contribution in [1.82, 2.24) is 59.9 Å². The predicted octanol–water partition coefficient (Wildman–Crippen LogP) is 8.15. The molecule has 368 valence electrons. The smallest absolute Gasteiger partial charge is 0.291 e. The Morgan fingerprint density at radius 1 is 0.647 bits per heavy atom. The first kappa shape index (κ1) is 49.5. The molecule has 0 saturated carbocycles. The SMILES string of the molecule is C.CC(C)c1nn(-c2noc(C3CCN(C4CCN(C(=O)C5COC5)CC4)CC3)n2)c2c(F)cccc12.CC(C)c1nn(-c2noc(C3CCN(C4CCNCC4)CC3)n2)c2c(F)cccc12.Cl. The molecule has 68 heavy (non-hydrogen) atoms. The lowest BCUT2D eigenvalue weighted by Crippen LogP contribution is -2.52. The molecule has 1 amide bonds. The van der Waals surface area contributed by atoms with Crippen LogP contribution in [0.1, 0.15) is 133 Å². The normalized spacial score (nSPS) is 19.9. The van der Waals surface area contributed by atoms with Crippen molar-refractivity contribution in [2.75, 3.05) is 65.6 Å².